The molecule has 5 rings (SSSR count). The van der Waals surface area contributed by atoms with Gasteiger partial charge < -0.3 is 5.32 Å². The van der Waals surface area contributed by atoms with Crippen LogP contribution in [0.15, 0.2) is 53.7 Å². The summed E-state index contributed by atoms with van der Waals surface area (Å²) in [6.07, 6.45) is 2.07. The second-order valence-electron chi connectivity index (χ2n) is 7.05. The highest BCUT2D eigenvalue weighted by atomic mass is 35.5. The number of aromatic nitrogens is 3. The van der Waals surface area contributed by atoms with Gasteiger partial charge in [-0.1, -0.05) is 59.1 Å². The van der Waals surface area contributed by atoms with Crippen LogP contribution < -0.4 is 5.32 Å². The number of ketones is 1. The molecular weight excluding hydrogens is 431 g/mol. The molecule has 0 amide bonds. The summed E-state index contributed by atoms with van der Waals surface area (Å²) in [4.78, 5) is 17.6. The van der Waals surface area contributed by atoms with Crippen LogP contribution in [0.2, 0.25) is 15.1 Å². The predicted molar refractivity (Wildman–Crippen MR) is 115 cm³/mol. The van der Waals surface area contributed by atoms with E-state index in [2.05, 4.69) is 10.3 Å². The predicted octanol–water partition coefficient (Wildman–Crippen LogP) is 5.93. The van der Waals surface area contributed by atoms with E-state index in [1.807, 2.05) is 30.3 Å². The summed E-state index contributed by atoms with van der Waals surface area (Å²) in [6, 6.07) is 12.3. The smallest absolute Gasteiger partial charge is 0.226 e. The number of rotatable bonds is 2. The Balaban J connectivity index is 1.72. The lowest BCUT2D eigenvalue weighted by molar-refractivity contribution is -0.116. The normalized spacial score (nSPS) is 18.3. The second-order valence-corrected chi connectivity index (χ2v) is 8.28. The molecule has 0 spiro atoms. The van der Waals surface area contributed by atoms with Gasteiger partial charge in [-0.2, -0.15) is 4.98 Å². The average Bonchev–Trinajstić information content (AvgIpc) is 3.13. The van der Waals surface area contributed by atoms with E-state index in [4.69, 9.17) is 39.9 Å². The lowest BCUT2D eigenvalue weighted by atomic mass is 9.85. The molecule has 29 heavy (non-hydrogen) atoms. The zero-order valence-electron chi connectivity index (χ0n) is 15.1. The third-order valence-electron chi connectivity index (χ3n) is 5.23. The van der Waals surface area contributed by atoms with Gasteiger partial charge in [0.1, 0.15) is 6.04 Å². The number of allylic oxidation sites excluding steroid dienone is 2. The van der Waals surface area contributed by atoms with Gasteiger partial charge in [0.15, 0.2) is 11.6 Å². The Kier molecular flexibility index (Phi) is 4.62. The minimum Gasteiger partial charge on any atom is -0.328 e. The Hall–Kier alpha value is -2.34. The minimum atomic E-state index is -0.485. The van der Waals surface area contributed by atoms with Gasteiger partial charge in [0.25, 0.3) is 0 Å². The maximum absolute atomic E-state index is 12.9. The molecule has 0 fully saturated rings. The van der Waals surface area contributed by atoms with Crippen LogP contribution in [-0.4, -0.2) is 20.5 Å². The zero-order chi connectivity index (χ0) is 20.1. The Morgan fingerprint density at radius 1 is 1.07 bits per heavy atom. The van der Waals surface area contributed by atoms with E-state index >= 15 is 0 Å². The molecule has 146 valence electrons. The fourth-order valence-corrected chi connectivity index (χ4v) is 4.53. The van der Waals surface area contributed by atoms with Gasteiger partial charge in [-0.25, -0.2) is 4.68 Å². The molecule has 1 aromatic heterocycles. The maximum atomic E-state index is 12.9. The summed E-state index contributed by atoms with van der Waals surface area (Å²) in [6.45, 7) is 0. The molecule has 8 heteroatoms. The van der Waals surface area contributed by atoms with Gasteiger partial charge in [0, 0.05) is 33.8 Å². The van der Waals surface area contributed by atoms with Gasteiger partial charge >= 0.3 is 0 Å². The van der Waals surface area contributed by atoms with Crippen molar-refractivity contribution in [3.05, 3.63) is 74.4 Å². The number of carbonyl (C=O) groups excluding carboxylic acids is 1. The molecule has 1 N–H and O–H groups in total. The second kappa shape index (κ2) is 7.17. The third kappa shape index (κ3) is 3.14. The van der Waals surface area contributed by atoms with E-state index in [-0.39, 0.29) is 5.78 Å². The van der Waals surface area contributed by atoms with Crippen LogP contribution in [0.4, 0.5) is 5.95 Å². The van der Waals surface area contributed by atoms with Crippen LogP contribution in [0.25, 0.3) is 11.4 Å². The molecule has 1 unspecified atom stereocenters. The molecule has 0 saturated heterocycles. The summed E-state index contributed by atoms with van der Waals surface area (Å²) in [5, 5.41) is 9.47. The quantitative estimate of drug-likeness (QED) is 0.531. The van der Waals surface area contributed by atoms with Gasteiger partial charge in [-0.05, 0) is 31.0 Å². The minimum absolute atomic E-state index is 0.0882. The van der Waals surface area contributed by atoms with Crippen molar-refractivity contribution in [3.63, 3.8) is 0 Å². The Labute approximate surface area is 182 Å². The van der Waals surface area contributed by atoms with Crippen LogP contribution >= 0.6 is 34.8 Å². The van der Waals surface area contributed by atoms with Crippen LogP contribution in [0.3, 0.4) is 0 Å². The first-order chi connectivity index (χ1) is 14.0. The van der Waals surface area contributed by atoms with Gasteiger partial charge in [0.2, 0.25) is 5.95 Å². The largest absolute Gasteiger partial charge is 0.328 e. The molecule has 3 aromatic rings. The highest BCUT2D eigenvalue weighted by Crippen LogP contribution is 2.43. The Morgan fingerprint density at radius 2 is 1.90 bits per heavy atom. The van der Waals surface area contributed by atoms with Crippen molar-refractivity contribution >= 4 is 46.5 Å². The number of carbonyl (C=O) groups is 1. The molecule has 5 nitrogen and oxygen atoms in total. The molecule has 0 saturated carbocycles. The summed E-state index contributed by atoms with van der Waals surface area (Å²) in [5.74, 6) is 1.17. The van der Waals surface area contributed by atoms with Crippen LogP contribution in [-0.2, 0) is 4.79 Å². The average molecular weight is 446 g/mol. The van der Waals surface area contributed by atoms with Crippen molar-refractivity contribution in [1.29, 1.82) is 0 Å². The highest BCUT2D eigenvalue weighted by molar-refractivity contribution is 6.42. The SMILES string of the molecule is O=C1CCCC2=C1C(c1cccc(Cl)c1Cl)n1nc(-c3cccc(Cl)c3)nc1N2. The Morgan fingerprint density at radius 3 is 2.72 bits per heavy atom. The van der Waals surface area contributed by atoms with Crippen molar-refractivity contribution in [2.45, 2.75) is 25.3 Å². The van der Waals surface area contributed by atoms with Crippen LogP contribution in [0.1, 0.15) is 30.9 Å². The van der Waals surface area contributed by atoms with Crippen molar-refractivity contribution in [3.8, 4) is 11.4 Å². The fourth-order valence-electron chi connectivity index (χ4n) is 3.93. The zero-order valence-corrected chi connectivity index (χ0v) is 17.4. The maximum Gasteiger partial charge on any atom is 0.226 e. The number of nitrogens with one attached hydrogen (secondary N) is 1. The summed E-state index contributed by atoms with van der Waals surface area (Å²) < 4.78 is 1.72. The molecule has 2 aliphatic rings. The number of hydrogen-bond donors (Lipinski definition) is 1. The number of Topliss-reactive ketones (excluding diaryl/α,β-unsaturated/α-hetero) is 1. The lowest BCUT2D eigenvalue weighted by Crippen LogP contribution is -2.31. The van der Waals surface area contributed by atoms with Crippen molar-refractivity contribution in [2.24, 2.45) is 0 Å². The number of halogens is 3. The summed E-state index contributed by atoms with van der Waals surface area (Å²) >= 11 is 19.0. The van der Waals surface area contributed by atoms with E-state index in [1.165, 1.54) is 0 Å². The van der Waals surface area contributed by atoms with Crippen molar-refractivity contribution < 1.29 is 4.79 Å². The standard InChI is InChI=1S/C21H15Cl3N4O/c22-12-5-1-4-11(10-12)20-26-21-25-15-8-3-9-16(29)17(15)19(28(21)27-20)13-6-2-7-14(23)18(13)24/h1-2,4-7,10,19H,3,8-9H2,(H,25,26,27). The molecular formula is C21H15Cl3N4O. The molecule has 1 aliphatic carbocycles. The first kappa shape index (κ1) is 18.7. The van der Waals surface area contributed by atoms with E-state index in [9.17, 15) is 4.79 Å². The number of hydrogen-bond acceptors (Lipinski definition) is 4. The number of benzene rings is 2. The van der Waals surface area contributed by atoms with Gasteiger partial charge in [-0.3, -0.25) is 4.79 Å². The summed E-state index contributed by atoms with van der Waals surface area (Å²) in [5.41, 5.74) is 3.07. The fraction of sp³-hybridized carbons (Fsp3) is 0.190. The Bertz CT molecular complexity index is 1180. The molecule has 2 aromatic carbocycles. The molecule has 0 bridgehead atoms. The first-order valence-electron chi connectivity index (χ1n) is 9.22. The number of nitrogens with zero attached hydrogens (tertiary/aromatic N) is 3. The highest BCUT2D eigenvalue weighted by Gasteiger charge is 2.38. The molecule has 0 radical (unpaired) electrons. The summed E-state index contributed by atoms with van der Waals surface area (Å²) in [7, 11) is 0. The van der Waals surface area contributed by atoms with Crippen molar-refractivity contribution in [2.75, 3.05) is 5.32 Å². The molecule has 2 heterocycles. The van der Waals surface area contributed by atoms with E-state index in [0.717, 1.165) is 29.7 Å². The number of fused-ring (bicyclic) bond motifs is 1. The monoisotopic (exact) mass is 444 g/mol. The number of anilines is 1. The van der Waals surface area contributed by atoms with E-state index < -0.39 is 6.04 Å². The molecule has 1 atom stereocenters. The molecule has 1 aliphatic heterocycles. The lowest BCUT2D eigenvalue weighted by Gasteiger charge is -2.32. The third-order valence-corrected chi connectivity index (χ3v) is 6.30. The van der Waals surface area contributed by atoms with E-state index in [1.54, 1.807) is 16.8 Å². The van der Waals surface area contributed by atoms with Crippen molar-refractivity contribution in [1.82, 2.24) is 14.8 Å². The topological polar surface area (TPSA) is 59.8 Å². The first-order valence-corrected chi connectivity index (χ1v) is 10.4. The van der Waals surface area contributed by atoms with Gasteiger partial charge in [-0.15, -0.1) is 5.10 Å². The van der Waals surface area contributed by atoms with E-state index in [0.29, 0.717) is 38.8 Å². The van der Waals surface area contributed by atoms with Gasteiger partial charge in [0.05, 0.1) is 10.0 Å². The van der Waals surface area contributed by atoms with Crippen LogP contribution in [0.5, 0.6) is 0 Å². The van der Waals surface area contributed by atoms with Crippen LogP contribution in [0, 0.1) is 0 Å².